The van der Waals surface area contributed by atoms with Crippen molar-refractivity contribution in [1.82, 2.24) is 31.0 Å². The third-order valence-electron chi connectivity index (χ3n) is 3.23. The smallest absolute Gasteiger partial charge is 0.222 e. The number of nitrogens with zero attached hydrogens (tertiary/aromatic N) is 4. The highest BCUT2D eigenvalue weighted by molar-refractivity contribution is 5.78. The molecule has 26 heavy (non-hydrogen) atoms. The maximum absolute atomic E-state index is 11.2. The van der Waals surface area contributed by atoms with Crippen LogP contribution in [0.3, 0.4) is 0 Å². The van der Waals surface area contributed by atoms with Crippen molar-refractivity contribution in [3.63, 3.8) is 0 Å². The van der Waals surface area contributed by atoms with Gasteiger partial charge in [-0.1, -0.05) is 27.7 Å². The van der Waals surface area contributed by atoms with Crippen molar-refractivity contribution < 1.29 is 12.4 Å². The van der Waals surface area contributed by atoms with Crippen LogP contribution in [-0.4, -0.2) is 32.2 Å². The van der Waals surface area contributed by atoms with Crippen LogP contribution >= 0.6 is 0 Å². The summed E-state index contributed by atoms with van der Waals surface area (Å²) in [7, 11) is 0. The molecule has 0 saturated carbocycles. The Morgan fingerprint density at radius 1 is 0.923 bits per heavy atom. The minimum Gasteiger partial charge on any atom is -0.352 e. The van der Waals surface area contributed by atoms with Crippen LogP contribution in [0.1, 0.15) is 41.8 Å². The fraction of sp³-hybridized carbons (Fsp3) is 0.444. The van der Waals surface area contributed by atoms with Crippen LogP contribution in [0.15, 0.2) is 36.8 Å². The van der Waals surface area contributed by atoms with Gasteiger partial charge in [0.1, 0.15) is 0 Å². The third kappa shape index (κ3) is 8.81. The maximum atomic E-state index is 11.2. The Kier molecular flexibility index (Phi) is 9.45. The van der Waals surface area contributed by atoms with Crippen LogP contribution in [-0.2, 0) is 22.7 Å². The van der Waals surface area contributed by atoms with Crippen LogP contribution in [0.4, 0.5) is 0 Å². The zero-order valence-electron chi connectivity index (χ0n) is 15.6. The Bertz CT molecular complexity index is 613. The first-order valence-electron chi connectivity index (χ1n) is 8.47. The number of rotatable bonds is 6. The molecule has 0 aromatic carbocycles. The highest BCUT2D eigenvalue weighted by atomic mass is 16.2. The van der Waals surface area contributed by atoms with Gasteiger partial charge in [0.05, 0.1) is 18.4 Å². The Labute approximate surface area is 156 Å². The normalized spacial score (nSPS) is 10.1. The van der Waals surface area contributed by atoms with Gasteiger partial charge in [0.2, 0.25) is 11.8 Å². The standard InChI is InChI=1S/2C9H13N3O.2H2/c1-7(2)9(13)10-5-8-3-4-11-12-6-8;1-7(2)9(13)10-6-8-4-3-5-11-12-8;;/h3-4,6-7H,5H2,1-2H3,(H,10,13);3-5,7H,6H2,1-2H3,(H,10,13);2*1H. The quantitative estimate of drug-likeness (QED) is 0.813. The molecule has 8 heteroatoms. The number of hydrogen-bond acceptors (Lipinski definition) is 6. The summed E-state index contributed by atoms with van der Waals surface area (Å²) in [6, 6.07) is 5.45. The summed E-state index contributed by atoms with van der Waals surface area (Å²) >= 11 is 0. The van der Waals surface area contributed by atoms with Gasteiger partial charge in [-0.25, -0.2) is 0 Å². The summed E-state index contributed by atoms with van der Waals surface area (Å²) in [5.41, 5.74) is 1.74. The van der Waals surface area contributed by atoms with Gasteiger partial charge in [-0.15, -0.1) is 0 Å². The van der Waals surface area contributed by atoms with Gasteiger partial charge in [-0.05, 0) is 23.8 Å². The molecule has 144 valence electrons. The fourth-order valence-corrected chi connectivity index (χ4v) is 1.63. The number of carbonyl (C=O) groups is 2. The molecule has 0 radical (unpaired) electrons. The van der Waals surface area contributed by atoms with Gasteiger partial charge in [0.15, 0.2) is 0 Å². The second-order valence-corrected chi connectivity index (χ2v) is 6.21. The molecule has 2 aromatic heterocycles. The predicted molar refractivity (Wildman–Crippen MR) is 102 cm³/mol. The van der Waals surface area contributed by atoms with Crippen molar-refractivity contribution in [2.24, 2.45) is 11.8 Å². The van der Waals surface area contributed by atoms with Crippen LogP contribution in [0.5, 0.6) is 0 Å². The van der Waals surface area contributed by atoms with E-state index >= 15 is 0 Å². The molecule has 0 bridgehead atoms. The number of amides is 2. The SMILES string of the molecule is CC(C)C(=O)NCc1cccnn1.CC(C)C(=O)NCc1ccnnc1.[HH].[HH]. The number of carbonyl (C=O) groups excluding carboxylic acids is 2. The van der Waals surface area contributed by atoms with E-state index in [1.807, 2.05) is 39.8 Å². The van der Waals surface area contributed by atoms with Gasteiger partial charge >= 0.3 is 0 Å². The van der Waals surface area contributed by atoms with Crippen LogP contribution < -0.4 is 10.6 Å². The van der Waals surface area contributed by atoms with E-state index < -0.39 is 0 Å². The molecule has 0 aliphatic rings. The summed E-state index contributed by atoms with van der Waals surface area (Å²) < 4.78 is 0. The molecule has 0 fully saturated rings. The molecule has 0 aliphatic carbocycles. The second-order valence-electron chi connectivity index (χ2n) is 6.21. The molecule has 2 aromatic rings. The molecule has 8 nitrogen and oxygen atoms in total. The zero-order chi connectivity index (χ0) is 19.4. The highest BCUT2D eigenvalue weighted by Gasteiger charge is 2.06. The average Bonchev–Trinajstić information content (AvgIpc) is 2.66. The molecule has 0 unspecified atom stereocenters. The molecule has 2 rings (SSSR count). The Hall–Kier alpha value is -2.90. The van der Waals surface area contributed by atoms with Crippen molar-refractivity contribution in [2.45, 2.75) is 40.8 Å². The molecule has 0 aliphatic heterocycles. The molecular formula is C18H30N6O2. The monoisotopic (exact) mass is 362 g/mol. The van der Waals surface area contributed by atoms with Crippen LogP contribution in [0, 0.1) is 11.8 Å². The second kappa shape index (κ2) is 11.6. The lowest BCUT2D eigenvalue weighted by molar-refractivity contribution is -0.124. The predicted octanol–water partition coefficient (Wildman–Crippen LogP) is 1.99. The molecule has 0 atom stereocenters. The minimum atomic E-state index is 0. The first-order valence-corrected chi connectivity index (χ1v) is 8.47. The van der Waals surface area contributed by atoms with Gasteiger partial charge < -0.3 is 10.6 Å². The largest absolute Gasteiger partial charge is 0.352 e. The summed E-state index contributed by atoms with van der Waals surface area (Å²) in [5.74, 6) is 0.119. The van der Waals surface area contributed by atoms with E-state index in [4.69, 9.17) is 0 Å². The maximum Gasteiger partial charge on any atom is 0.222 e. The van der Waals surface area contributed by atoms with Gasteiger partial charge in [0, 0.05) is 33.6 Å². The third-order valence-corrected chi connectivity index (χ3v) is 3.23. The molecule has 0 saturated heterocycles. The fourth-order valence-electron chi connectivity index (χ4n) is 1.63. The molecular weight excluding hydrogens is 332 g/mol. The van der Waals surface area contributed by atoms with Crippen molar-refractivity contribution in [1.29, 1.82) is 0 Å². The van der Waals surface area contributed by atoms with E-state index in [1.54, 1.807) is 24.7 Å². The van der Waals surface area contributed by atoms with E-state index in [0.717, 1.165) is 11.3 Å². The number of hydrogen-bond donors (Lipinski definition) is 2. The topological polar surface area (TPSA) is 110 Å². The van der Waals surface area contributed by atoms with Crippen molar-refractivity contribution in [2.75, 3.05) is 0 Å². The molecule has 2 amide bonds. The van der Waals surface area contributed by atoms with E-state index in [0.29, 0.717) is 13.1 Å². The van der Waals surface area contributed by atoms with E-state index in [1.165, 1.54) is 0 Å². The summed E-state index contributed by atoms with van der Waals surface area (Å²) in [5, 5.41) is 20.5. The Morgan fingerprint density at radius 2 is 1.58 bits per heavy atom. The first kappa shape index (κ1) is 21.1. The lowest BCUT2D eigenvalue weighted by atomic mass is 10.2. The number of nitrogens with one attached hydrogen (secondary N) is 2. The Morgan fingerprint density at radius 3 is 2.08 bits per heavy atom. The van der Waals surface area contributed by atoms with E-state index in [2.05, 4.69) is 31.0 Å². The van der Waals surface area contributed by atoms with Gasteiger partial charge in [-0.2, -0.15) is 20.4 Å². The summed E-state index contributed by atoms with van der Waals surface area (Å²) in [6.07, 6.45) is 4.85. The Balaban J connectivity index is 0. The molecule has 0 spiro atoms. The van der Waals surface area contributed by atoms with Crippen LogP contribution in [0.2, 0.25) is 0 Å². The van der Waals surface area contributed by atoms with Crippen molar-refractivity contribution >= 4 is 11.8 Å². The minimum absolute atomic E-state index is 0. The lowest BCUT2D eigenvalue weighted by Gasteiger charge is -2.06. The van der Waals surface area contributed by atoms with E-state index in [-0.39, 0.29) is 26.5 Å². The average molecular weight is 362 g/mol. The number of aromatic nitrogens is 4. The van der Waals surface area contributed by atoms with E-state index in [9.17, 15) is 9.59 Å². The van der Waals surface area contributed by atoms with Gasteiger partial charge in [-0.3, -0.25) is 9.59 Å². The van der Waals surface area contributed by atoms with Crippen molar-refractivity contribution in [3.8, 4) is 0 Å². The van der Waals surface area contributed by atoms with Crippen LogP contribution in [0.25, 0.3) is 0 Å². The highest BCUT2D eigenvalue weighted by Crippen LogP contribution is 1.96. The van der Waals surface area contributed by atoms with Crippen molar-refractivity contribution in [3.05, 3.63) is 48.0 Å². The molecule has 2 heterocycles. The lowest BCUT2D eigenvalue weighted by Crippen LogP contribution is -2.27. The van der Waals surface area contributed by atoms with Gasteiger partial charge in [0.25, 0.3) is 0 Å². The zero-order valence-corrected chi connectivity index (χ0v) is 15.6. The summed E-state index contributed by atoms with van der Waals surface area (Å²) in [6.45, 7) is 8.40. The molecule has 2 N–H and O–H groups in total. The summed E-state index contributed by atoms with van der Waals surface area (Å²) in [4.78, 5) is 22.3. The first-order chi connectivity index (χ1) is 12.4.